The summed E-state index contributed by atoms with van der Waals surface area (Å²) in [6.07, 6.45) is 0. The Labute approximate surface area is 321 Å². The highest BCUT2D eigenvalue weighted by Gasteiger charge is 2.19. The molecular formula is C49H29N3OS. The van der Waals surface area contributed by atoms with Gasteiger partial charge >= 0.3 is 0 Å². The number of hydrogen-bond donors (Lipinski definition) is 0. The Bertz CT molecular complexity index is 3500. The average Bonchev–Trinajstić information content (AvgIpc) is 3.86. The molecule has 3 aromatic heterocycles. The molecule has 0 bridgehead atoms. The summed E-state index contributed by atoms with van der Waals surface area (Å²) in [5.74, 6) is 1.65. The molecule has 11 rings (SSSR count). The maximum Gasteiger partial charge on any atom is 0.164 e. The number of aromatic nitrogens is 3. The van der Waals surface area contributed by atoms with E-state index in [1.165, 1.54) is 0 Å². The minimum absolute atomic E-state index is 0.202. The lowest BCUT2D eigenvalue weighted by atomic mass is 9.94. The molecule has 4 nitrogen and oxygen atoms in total. The molecule has 0 aliphatic carbocycles. The van der Waals surface area contributed by atoms with Gasteiger partial charge in [-0.05, 0) is 45.7 Å². The smallest absolute Gasteiger partial charge is 0.164 e. The van der Waals surface area contributed by atoms with Crippen molar-refractivity contribution in [1.82, 2.24) is 15.0 Å². The third kappa shape index (κ3) is 4.94. The van der Waals surface area contributed by atoms with E-state index in [1.807, 2.05) is 91.0 Å². The first-order chi connectivity index (χ1) is 28.8. The van der Waals surface area contributed by atoms with Gasteiger partial charge in [-0.15, -0.1) is 11.3 Å². The average molecular weight is 713 g/mol. The molecule has 0 unspecified atom stereocenters. The second kappa shape index (κ2) is 12.3. The lowest BCUT2D eigenvalue weighted by molar-refractivity contribution is 0.669. The monoisotopic (exact) mass is 712 g/mol. The molecule has 8 aromatic carbocycles. The van der Waals surface area contributed by atoms with Crippen molar-refractivity contribution in [2.45, 2.75) is 0 Å². The van der Waals surface area contributed by atoms with E-state index >= 15 is 0 Å². The number of fused-ring (bicyclic) bond motifs is 7. The Morgan fingerprint density at radius 3 is 1.76 bits per heavy atom. The SMILES string of the molecule is [2H]c1c([2H])c([2H])c(-c2cccc3c2sc2c(-c4cccc5c(-c6nc(-c7ccccc7)nc(-c7ccc8c(c7)oc7ccccc78)n6)cccc45)cccc23)c([2H])c1[2H]. The maximum absolute atomic E-state index is 8.73. The van der Waals surface area contributed by atoms with Crippen LogP contribution in [0.1, 0.15) is 6.85 Å². The van der Waals surface area contributed by atoms with E-state index in [1.54, 1.807) is 11.3 Å². The van der Waals surface area contributed by atoms with Crippen molar-refractivity contribution in [3.05, 3.63) is 176 Å². The predicted molar refractivity (Wildman–Crippen MR) is 225 cm³/mol. The highest BCUT2D eigenvalue weighted by Crippen LogP contribution is 2.45. The Kier molecular flexibility index (Phi) is 5.92. The number of hydrogen-bond acceptors (Lipinski definition) is 5. The van der Waals surface area contributed by atoms with Crippen molar-refractivity contribution in [2.75, 3.05) is 0 Å². The van der Waals surface area contributed by atoms with Crippen LogP contribution in [-0.2, 0) is 0 Å². The van der Waals surface area contributed by atoms with E-state index < -0.39 is 6.04 Å². The molecule has 0 aliphatic rings. The largest absolute Gasteiger partial charge is 0.456 e. The minimum Gasteiger partial charge on any atom is -0.456 e. The number of benzene rings is 8. The van der Waals surface area contributed by atoms with Crippen molar-refractivity contribution in [3.63, 3.8) is 0 Å². The van der Waals surface area contributed by atoms with Gasteiger partial charge < -0.3 is 4.42 Å². The third-order valence-corrected chi connectivity index (χ3v) is 11.3. The summed E-state index contributed by atoms with van der Waals surface area (Å²) in [6.45, 7) is 0. The van der Waals surface area contributed by atoms with Crippen LogP contribution >= 0.6 is 11.3 Å². The van der Waals surface area contributed by atoms with Gasteiger partial charge in [-0.25, -0.2) is 15.0 Å². The van der Waals surface area contributed by atoms with Gasteiger partial charge in [-0.2, -0.15) is 0 Å². The van der Waals surface area contributed by atoms with Gasteiger partial charge in [0.1, 0.15) is 11.2 Å². The number of para-hydroxylation sites is 1. The van der Waals surface area contributed by atoms with Crippen LogP contribution in [0.2, 0.25) is 0 Å². The van der Waals surface area contributed by atoms with Crippen LogP contribution in [0.15, 0.2) is 180 Å². The molecule has 0 amide bonds. The second-order valence-electron chi connectivity index (χ2n) is 13.2. The molecule has 0 N–H and O–H groups in total. The highest BCUT2D eigenvalue weighted by molar-refractivity contribution is 7.26. The van der Waals surface area contributed by atoms with Crippen LogP contribution in [0.25, 0.3) is 109 Å². The Balaban J connectivity index is 1.09. The fraction of sp³-hybridized carbons (Fsp3) is 0. The van der Waals surface area contributed by atoms with E-state index in [9.17, 15) is 0 Å². The van der Waals surface area contributed by atoms with Gasteiger partial charge in [-0.1, -0.05) is 158 Å². The molecule has 5 heteroatoms. The molecule has 0 radical (unpaired) electrons. The number of thiophene rings is 1. The maximum atomic E-state index is 8.73. The first kappa shape index (κ1) is 25.9. The quantitative estimate of drug-likeness (QED) is 0.178. The van der Waals surface area contributed by atoms with Crippen LogP contribution in [0.3, 0.4) is 0 Å². The normalized spacial score (nSPS) is 13.0. The zero-order valence-corrected chi connectivity index (χ0v) is 29.3. The first-order valence-corrected chi connectivity index (χ1v) is 18.4. The lowest BCUT2D eigenvalue weighted by Crippen LogP contribution is -2.00. The van der Waals surface area contributed by atoms with Crippen molar-refractivity contribution in [2.24, 2.45) is 0 Å². The molecule has 0 fully saturated rings. The second-order valence-corrected chi connectivity index (χ2v) is 14.2. The van der Waals surface area contributed by atoms with Gasteiger partial charge in [0.25, 0.3) is 0 Å². The predicted octanol–water partition coefficient (Wildman–Crippen LogP) is 13.6. The zero-order valence-electron chi connectivity index (χ0n) is 33.5. The van der Waals surface area contributed by atoms with Gasteiger partial charge in [0, 0.05) is 53.2 Å². The van der Waals surface area contributed by atoms with Crippen LogP contribution in [0, 0.1) is 0 Å². The summed E-state index contributed by atoms with van der Waals surface area (Å²) in [4.78, 5) is 15.2. The van der Waals surface area contributed by atoms with Crippen LogP contribution < -0.4 is 0 Å². The van der Waals surface area contributed by atoms with Crippen LogP contribution in [0.5, 0.6) is 0 Å². The van der Waals surface area contributed by atoms with Gasteiger partial charge in [-0.3, -0.25) is 0 Å². The zero-order chi connectivity index (χ0) is 39.9. The summed E-state index contributed by atoms with van der Waals surface area (Å²) in [5, 5.41) is 6.08. The summed E-state index contributed by atoms with van der Waals surface area (Å²) in [5.41, 5.74) is 7.02. The van der Waals surface area contributed by atoms with E-state index in [2.05, 4.69) is 54.6 Å². The molecule has 0 spiro atoms. The molecule has 0 saturated carbocycles. The molecule has 3 heterocycles. The molecule has 54 heavy (non-hydrogen) atoms. The van der Waals surface area contributed by atoms with Crippen molar-refractivity contribution in [3.8, 4) is 56.4 Å². The number of nitrogens with zero attached hydrogens (tertiary/aromatic N) is 3. The third-order valence-electron chi connectivity index (χ3n) is 10.1. The molecule has 11 aromatic rings. The van der Waals surface area contributed by atoms with E-state index in [0.29, 0.717) is 23.0 Å². The van der Waals surface area contributed by atoms with Crippen LogP contribution in [0.4, 0.5) is 0 Å². The Morgan fingerprint density at radius 2 is 0.963 bits per heavy atom. The number of rotatable bonds is 5. The van der Waals surface area contributed by atoms with E-state index in [-0.39, 0.29) is 29.7 Å². The standard InChI is InChI=1S/C49H29N3OS/c1-3-13-30(14-4-1)33-18-9-23-40-41-24-12-22-39(46(41)54-45(33)40)35-20-10-21-36-34(35)19-11-25-42(36)49-51-47(31-15-5-2-6-16-31)50-48(52-49)32-27-28-38-37-17-7-8-26-43(37)53-44(38)29-32/h1-29H/i1D,3D,4D,13D,14D. The lowest BCUT2D eigenvalue weighted by Gasteiger charge is -2.13. The van der Waals surface area contributed by atoms with Crippen molar-refractivity contribution in [1.29, 1.82) is 0 Å². The van der Waals surface area contributed by atoms with E-state index in [0.717, 1.165) is 80.7 Å². The molecule has 0 saturated heterocycles. The topological polar surface area (TPSA) is 51.8 Å². The molecular weight excluding hydrogens is 679 g/mol. The summed E-state index contributed by atoms with van der Waals surface area (Å²) < 4.78 is 50.4. The Hall–Kier alpha value is -6.95. The van der Waals surface area contributed by atoms with Gasteiger partial charge in [0.05, 0.1) is 6.85 Å². The minimum atomic E-state index is -0.404. The summed E-state index contributed by atoms with van der Waals surface area (Å²) in [7, 11) is 0. The first-order valence-electron chi connectivity index (χ1n) is 20.1. The fourth-order valence-electron chi connectivity index (χ4n) is 7.56. The van der Waals surface area contributed by atoms with Gasteiger partial charge in [0.15, 0.2) is 17.5 Å². The number of furan rings is 1. The summed E-state index contributed by atoms with van der Waals surface area (Å²) >= 11 is 1.57. The molecule has 252 valence electrons. The van der Waals surface area contributed by atoms with Gasteiger partial charge in [0.2, 0.25) is 0 Å². The van der Waals surface area contributed by atoms with Crippen LogP contribution in [-0.4, -0.2) is 15.0 Å². The Morgan fingerprint density at radius 1 is 0.389 bits per heavy atom. The van der Waals surface area contributed by atoms with Crippen molar-refractivity contribution < 1.29 is 11.3 Å². The fourth-order valence-corrected chi connectivity index (χ4v) is 8.91. The van der Waals surface area contributed by atoms with Crippen molar-refractivity contribution >= 4 is 64.2 Å². The molecule has 0 atom stereocenters. The van der Waals surface area contributed by atoms with E-state index in [4.69, 9.17) is 26.2 Å². The molecule has 0 aliphatic heterocycles. The summed E-state index contributed by atoms with van der Waals surface area (Å²) in [6, 6.07) is 47.0. The highest BCUT2D eigenvalue weighted by atomic mass is 32.1.